The summed E-state index contributed by atoms with van der Waals surface area (Å²) in [5.41, 5.74) is 36.1. The lowest BCUT2D eigenvalue weighted by Gasteiger charge is -2.35. The van der Waals surface area contributed by atoms with E-state index in [0.29, 0.717) is 0 Å². The van der Waals surface area contributed by atoms with Crippen molar-refractivity contribution in [3.8, 4) is 83.6 Å². The Morgan fingerprint density at radius 1 is 0.245 bits per heavy atom. The molecule has 23 rings (SSSR count). The predicted molar refractivity (Wildman–Crippen MR) is 425 cm³/mol. The lowest BCUT2D eigenvalue weighted by molar-refractivity contribution is 0.587. The maximum absolute atomic E-state index is 2.62. The molecule has 0 N–H and O–H groups in total. The normalized spacial score (nSPS) is 15.2. The molecule has 2 heteroatoms. The van der Waals surface area contributed by atoms with Gasteiger partial charge in [0.15, 0.2) is 0 Å². The molecule has 0 fully saturated rings. The highest BCUT2D eigenvalue weighted by Gasteiger charge is 2.55. The number of allylic oxidation sites excluding steroid dienone is 4. The molecule has 2 heterocycles. The molecule has 0 amide bonds. The summed E-state index contributed by atoms with van der Waals surface area (Å²) in [5.74, 6) is 0. The molecule has 18 aromatic rings. The van der Waals surface area contributed by atoms with Crippen LogP contribution in [0.5, 0.6) is 0 Å². The number of aromatic nitrogens is 2. The van der Waals surface area contributed by atoms with Crippen molar-refractivity contribution in [3.63, 3.8) is 0 Å². The van der Waals surface area contributed by atoms with Gasteiger partial charge in [-0.05, 0) is 222 Å². The zero-order valence-corrected chi connectivity index (χ0v) is 55.7. The summed E-state index contributed by atoms with van der Waals surface area (Å²) in [5, 5.41) is 10.0. The van der Waals surface area contributed by atoms with Crippen LogP contribution in [-0.4, -0.2) is 9.13 Å². The van der Waals surface area contributed by atoms with Gasteiger partial charge in [0.2, 0.25) is 0 Å². The van der Waals surface area contributed by atoms with Gasteiger partial charge in [0.1, 0.15) is 0 Å². The standard InChI is InChI=1S/C100H62N2/c1-3-23-61(24-4-1)97-81-51-45-64(66-44-50-74-76-54-48-68(102-95-41-21-13-33-79(95)80-34-14-22-42-96(80)102)60-92(76)100(90(74)58-66)87-37-17-9-29-71(87)72-30-10-18-38-88(72)100)56-84(81)98(62-25-5-2-6-26-62)82-52-46-63(55-83(82)97)65-43-49-73-75-53-47-67(101-93-39-19-11-31-77(93)78-32-12-20-40-94(78)101)59-91(75)99(89(73)57-65)85-35-15-7-27-69(85)70-28-8-16-36-86(70)99/h1-59,68H,60H2. The molecule has 2 nitrogen and oxygen atoms in total. The largest absolute Gasteiger partial charge is 0.333 e. The Kier molecular flexibility index (Phi) is 11.5. The molecule has 1 unspecified atom stereocenters. The molecule has 5 aliphatic rings. The second kappa shape index (κ2) is 20.8. The molecule has 0 radical (unpaired) electrons. The molecule has 472 valence electrons. The molecule has 2 spiro atoms. The fourth-order valence-electron chi connectivity index (χ4n) is 20.1. The first kappa shape index (κ1) is 56.0. The Balaban J connectivity index is 0.708. The fraction of sp³-hybridized carbons (Fsp3) is 0.0400. The van der Waals surface area contributed by atoms with Crippen LogP contribution < -0.4 is 0 Å². The molecule has 0 saturated carbocycles. The first-order valence-corrected chi connectivity index (χ1v) is 36.0. The Morgan fingerprint density at radius 3 is 1.11 bits per heavy atom. The number of rotatable bonds is 6. The van der Waals surface area contributed by atoms with Gasteiger partial charge in [-0.15, -0.1) is 0 Å². The number of fused-ring (bicyclic) bond motifs is 27. The molecule has 0 bridgehead atoms. The van der Waals surface area contributed by atoms with Gasteiger partial charge in [-0.25, -0.2) is 0 Å². The summed E-state index contributed by atoms with van der Waals surface area (Å²) < 4.78 is 5.10. The van der Waals surface area contributed by atoms with Crippen LogP contribution in [0.15, 0.2) is 364 Å². The first-order chi connectivity index (χ1) is 50.6. The van der Waals surface area contributed by atoms with E-state index in [0.717, 1.165) is 12.1 Å². The average Bonchev–Trinajstić information content (AvgIpc) is 1.50. The summed E-state index contributed by atoms with van der Waals surface area (Å²) in [6, 6.07) is 132. The van der Waals surface area contributed by atoms with Gasteiger partial charge in [0.05, 0.1) is 27.9 Å². The maximum atomic E-state index is 2.62. The SMILES string of the molecule is C1=CC(n2c3ccccc3c3ccccc32)CC2=C1c1ccc(-c3ccc4c(-c5ccccc5)c5cc(-c6ccc7c(c6)C6(c8ccccc8-c8ccccc86)c6cc(-n8c9ccccc9c9ccccc98)ccc6-7)ccc5c(-c5ccccc5)c4c3)cc1C21c2ccccc2-c2ccccc21. The van der Waals surface area contributed by atoms with Crippen LogP contribution in [0.3, 0.4) is 0 Å². The fourth-order valence-corrected chi connectivity index (χ4v) is 20.1. The number of hydrogen-bond acceptors (Lipinski definition) is 0. The van der Waals surface area contributed by atoms with Crippen LogP contribution in [0, 0.1) is 0 Å². The van der Waals surface area contributed by atoms with Crippen molar-refractivity contribution < 1.29 is 0 Å². The van der Waals surface area contributed by atoms with Crippen molar-refractivity contribution in [2.75, 3.05) is 0 Å². The van der Waals surface area contributed by atoms with E-state index in [1.165, 1.54) is 199 Å². The highest BCUT2D eigenvalue weighted by Crippen LogP contribution is 2.67. The van der Waals surface area contributed by atoms with E-state index in [4.69, 9.17) is 0 Å². The number of hydrogen-bond donors (Lipinski definition) is 0. The van der Waals surface area contributed by atoms with Crippen molar-refractivity contribution in [3.05, 3.63) is 408 Å². The van der Waals surface area contributed by atoms with Crippen molar-refractivity contribution in [1.29, 1.82) is 0 Å². The highest BCUT2D eigenvalue weighted by molar-refractivity contribution is 6.23. The summed E-state index contributed by atoms with van der Waals surface area (Å²) >= 11 is 0. The summed E-state index contributed by atoms with van der Waals surface area (Å²) in [7, 11) is 0. The van der Waals surface area contributed by atoms with E-state index in [2.05, 4.69) is 367 Å². The van der Waals surface area contributed by atoms with Crippen LogP contribution in [0.25, 0.3) is 154 Å². The van der Waals surface area contributed by atoms with Crippen LogP contribution in [-0.2, 0) is 10.8 Å². The topological polar surface area (TPSA) is 9.86 Å². The molecule has 0 saturated heterocycles. The smallest absolute Gasteiger partial charge is 0.0726 e. The monoisotopic (exact) mass is 1290 g/mol. The Hall–Kier alpha value is -12.9. The lowest BCUT2D eigenvalue weighted by atomic mass is 9.67. The first-order valence-electron chi connectivity index (χ1n) is 36.0. The van der Waals surface area contributed by atoms with Gasteiger partial charge in [-0.3, -0.25) is 0 Å². The van der Waals surface area contributed by atoms with Crippen molar-refractivity contribution >= 4 is 70.7 Å². The van der Waals surface area contributed by atoms with Crippen LogP contribution in [0.2, 0.25) is 0 Å². The summed E-state index contributed by atoms with van der Waals surface area (Å²) in [4.78, 5) is 0. The summed E-state index contributed by atoms with van der Waals surface area (Å²) in [6.45, 7) is 0. The van der Waals surface area contributed by atoms with E-state index in [1.807, 2.05) is 0 Å². The molecule has 102 heavy (non-hydrogen) atoms. The van der Waals surface area contributed by atoms with Gasteiger partial charge >= 0.3 is 0 Å². The van der Waals surface area contributed by atoms with Gasteiger partial charge in [0.25, 0.3) is 0 Å². The van der Waals surface area contributed by atoms with E-state index < -0.39 is 10.8 Å². The third-order valence-electron chi connectivity index (χ3n) is 24.1. The third kappa shape index (κ3) is 7.32. The molecule has 2 aromatic heterocycles. The third-order valence-corrected chi connectivity index (χ3v) is 24.1. The minimum absolute atomic E-state index is 0.112. The van der Waals surface area contributed by atoms with Crippen LogP contribution in [0.4, 0.5) is 0 Å². The van der Waals surface area contributed by atoms with E-state index in [9.17, 15) is 0 Å². The molecule has 1 atom stereocenters. The van der Waals surface area contributed by atoms with Gasteiger partial charge in [-0.2, -0.15) is 0 Å². The molecular weight excluding hydrogens is 1230 g/mol. The van der Waals surface area contributed by atoms with Gasteiger partial charge < -0.3 is 9.13 Å². The van der Waals surface area contributed by atoms with Gasteiger partial charge in [-0.1, -0.05) is 297 Å². The number of benzene rings is 16. The highest BCUT2D eigenvalue weighted by atomic mass is 15.0. The zero-order valence-electron chi connectivity index (χ0n) is 55.7. The Labute approximate surface area is 590 Å². The molecule has 5 aliphatic carbocycles. The molecular formula is C100H62N2. The minimum atomic E-state index is -0.570. The summed E-state index contributed by atoms with van der Waals surface area (Å²) in [6.07, 6.45) is 5.85. The second-order valence-corrected chi connectivity index (χ2v) is 28.7. The van der Waals surface area contributed by atoms with Crippen molar-refractivity contribution in [2.24, 2.45) is 0 Å². The average molecular weight is 1290 g/mol. The number of para-hydroxylation sites is 4. The van der Waals surface area contributed by atoms with Gasteiger partial charge in [0, 0.05) is 38.3 Å². The Morgan fingerprint density at radius 2 is 0.608 bits per heavy atom. The van der Waals surface area contributed by atoms with Crippen molar-refractivity contribution in [1.82, 2.24) is 9.13 Å². The quantitative estimate of drug-likeness (QED) is 0.147. The molecule has 0 aliphatic heterocycles. The minimum Gasteiger partial charge on any atom is -0.333 e. The van der Waals surface area contributed by atoms with Crippen LogP contribution >= 0.6 is 0 Å². The van der Waals surface area contributed by atoms with E-state index in [-0.39, 0.29) is 6.04 Å². The van der Waals surface area contributed by atoms with E-state index >= 15 is 0 Å². The van der Waals surface area contributed by atoms with Crippen LogP contribution in [0.1, 0.15) is 57.0 Å². The molecule has 16 aromatic carbocycles. The zero-order chi connectivity index (χ0) is 66.5. The lowest BCUT2D eigenvalue weighted by Crippen LogP contribution is -2.29. The second-order valence-electron chi connectivity index (χ2n) is 28.7. The van der Waals surface area contributed by atoms with Crippen molar-refractivity contribution in [2.45, 2.75) is 23.3 Å². The van der Waals surface area contributed by atoms with E-state index in [1.54, 1.807) is 0 Å². The predicted octanol–water partition coefficient (Wildman–Crippen LogP) is 25.5. The maximum Gasteiger partial charge on any atom is 0.0726 e. The number of nitrogens with zero attached hydrogens (tertiary/aromatic N) is 2. The Bertz CT molecular complexity index is 6590.